The molecule has 0 radical (unpaired) electrons. The molecule has 3 aliphatic rings. The van der Waals surface area contributed by atoms with Gasteiger partial charge in [-0.2, -0.15) is 0 Å². The molecular weight excluding hydrogens is 492 g/mol. The quantitative estimate of drug-likeness (QED) is 0.490. The Bertz CT molecular complexity index is 1220. The normalized spacial score (nSPS) is 23.4. The molecule has 2 N–H and O–H groups in total. The van der Waals surface area contributed by atoms with Crippen molar-refractivity contribution in [3.63, 3.8) is 0 Å². The maximum Gasteiger partial charge on any atom is 0.289 e. The van der Waals surface area contributed by atoms with Crippen LogP contribution in [0.15, 0.2) is 59.8 Å². The first-order valence-corrected chi connectivity index (χ1v) is 13.2. The number of nitrogens with zero attached hydrogens (tertiary/aromatic N) is 2. The molecule has 0 bridgehead atoms. The van der Waals surface area contributed by atoms with E-state index in [1.807, 2.05) is 66.4 Å². The zero-order valence-corrected chi connectivity index (χ0v) is 21.5. The molecule has 2 aromatic carbocycles. The summed E-state index contributed by atoms with van der Waals surface area (Å²) >= 11 is 6.18. The number of hydrogen-bond donors (Lipinski definition) is 2. The van der Waals surface area contributed by atoms with Crippen LogP contribution in [0.1, 0.15) is 51.0 Å². The molecule has 37 heavy (non-hydrogen) atoms. The lowest BCUT2D eigenvalue weighted by atomic mass is 9.91. The Morgan fingerprint density at radius 3 is 2.65 bits per heavy atom. The number of oxime groups is 1. The lowest BCUT2D eigenvalue weighted by Crippen LogP contribution is -2.52. The highest BCUT2D eigenvalue weighted by Gasteiger charge is 2.52. The molecule has 3 unspecified atom stereocenters. The number of anilines is 1. The predicted molar refractivity (Wildman–Crippen MR) is 142 cm³/mol. The Balaban J connectivity index is 1.34. The third kappa shape index (κ3) is 5.64. The maximum absolute atomic E-state index is 13.7. The largest absolute Gasteiger partial charge is 0.387 e. The topological polar surface area (TPSA) is 100 Å². The summed E-state index contributed by atoms with van der Waals surface area (Å²) in [6.07, 6.45) is 3.75. The van der Waals surface area contributed by atoms with Crippen LogP contribution in [-0.2, 0) is 19.2 Å². The monoisotopic (exact) mass is 522 g/mol. The van der Waals surface area contributed by atoms with Gasteiger partial charge in [-0.15, -0.1) is 0 Å². The number of Topliss-reactive ketones (excluding diaryl/α,β-unsaturated/α-hetero) is 1. The van der Waals surface area contributed by atoms with Crippen molar-refractivity contribution in [1.82, 2.24) is 10.6 Å². The third-order valence-electron chi connectivity index (χ3n) is 7.13. The smallest absolute Gasteiger partial charge is 0.289 e. The average Bonchev–Trinajstić information content (AvgIpc) is 3.49. The number of carbonyl (C=O) groups is 3. The number of carbonyl (C=O) groups excluding carboxylic acids is 3. The van der Waals surface area contributed by atoms with Crippen LogP contribution in [0.3, 0.4) is 0 Å². The molecule has 1 aliphatic carbocycles. The van der Waals surface area contributed by atoms with Crippen LogP contribution in [0.25, 0.3) is 0 Å². The molecule has 5 rings (SSSR count). The lowest BCUT2D eigenvalue weighted by molar-refractivity contribution is -0.140. The summed E-state index contributed by atoms with van der Waals surface area (Å²) in [6.45, 7) is 2.38. The Labute approximate surface area is 221 Å². The molecule has 194 valence electrons. The van der Waals surface area contributed by atoms with Gasteiger partial charge < -0.3 is 20.4 Å². The van der Waals surface area contributed by atoms with Crippen LogP contribution < -0.4 is 15.5 Å². The van der Waals surface area contributed by atoms with Crippen LogP contribution in [0.4, 0.5) is 5.69 Å². The van der Waals surface area contributed by atoms with E-state index in [0.29, 0.717) is 37.3 Å². The molecule has 2 fully saturated rings. The highest BCUT2D eigenvalue weighted by atomic mass is 35.5. The summed E-state index contributed by atoms with van der Waals surface area (Å²) in [5.74, 6) is -1.51. The molecule has 1 saturated carbocycles. The van der Waals surface area contributed by atoms with E-state index in [9.17, 15) is 14.4 Å². The Kier molecular flexibility index (Phi) is 7.20. The van der Waals surface area contributed by atoms with Gasteiger partial charge in [0.1, 0.15) is 6.04 Å². The minimum absolute atomic E-state index is 0.0749. The summed E-state index contributed by atoms with van der Waals surface area (Å²) in [6, 6.07) is 15.8. The Morgan fingerprint density at radius 2 is 1.95 bits per heavy atom. The molecule has 1 saturated heterocycles. The van der Waals surface area contributed by atoms with Crippen molar-refractivity contribution in [3.8, 4) is 0 Å². The van der Waals surface area contributed by atoms with E-state index < -0.39 is 29.4 Å². The molecule has 2 aliphatic heterocycles. The molecule has 0 aromatic heterocycles. The van der Waals surface area contributed by atoms with Crippen molar-refractivity contribution in [2.75, 3.05) is 11.4 Å². The molecule has 3 atom stereocenters. The molecule has 2 aromatic rings. The van der Waals surface area contributed by atoms with E-state index in [-0.39, 0.29) is 11.9 Å². The van der Waals surface area contributed by atoms with Gasteiger partial charge in [-0.1, -0.05) is 60.4 Å². The SMILES string of the molecule is CCCC(NC(=O)C1CC2(CC(c3cccc(Cl)c3)=NO2)CN1c1ccccc1)C(=O)C(=O)NC1CC1. The molecule has 2 heterocycles. The Morgan fingerprint density at radius 1 is 1.16 bits per heavy atom. The van der Waals surface area contributed by atoms with Crippen LogP contribution in [0, 0.1) is 0 Å². The number of nitrogens with one attached hydrogen (secondary N) is 2. The summed E-state index contributed by atoms with van der Waals surface area (Å²) in [7, 11) is 0. The van der Waals surface area contributed by atoms with Gasteiger partial charge in [0.2, 0.25) is 11.7 Å². The average molecular weight is 523 g/mol. The summed E-state index contributed by atoms with van der Waals surface area (Å²) in [5.41, 5.74) is 1.86. The van der Waals surface area contributed by atoms with Crippen molar-refractivity contribution in [3.05, 3.63) is 65.2 Å². The van der Waals surface area contributed by atoms with Crippen molar-refractivity contribution in [2.45, 2.75) is 69.2 Å². The van der Waals surface area contributed by atoms with E-state index in [1.165, 1.54) is 0 Å². The summed E-state index contributed by atoms with van der Waals surface area (Å²) in [5, 5.41) is 10.6. The fraction of sp³-hybridized carbons (Fsp3) is 0.429. The number of amides is 2. The summed E-state index contributed by atoms with van der Waals surface area (Å²) in [4.78, 5) is 47.0. The van der Waals surface area contributed by atoms with Gasteiger partial charge in [0.05, 0.1) is 18.3 Å². The number of benzene rings is 2. The molecule has 8 nitrogen and oxygen atoms in total. The minimum atomic E-state index is -0.867. The molecule has 1 spiro atoms. The minimum Gasteiger partial charge on any atom is -0.387 e. The zero-order chi connectivity index (χ0) is 26.0. The maximum atomic E-state index is 13.7. The lowest BCUT2D eigenvalue weighted by Gasteiger charge is -2.27. The fourth-order valence-electron chi connectivity index (χ4n) is 5.08. The molecular formula is C28H31ClN4O4. The van der Waals surface area contributed by atoms with Crippen molar-refractivity contribution >= 4 is 40.6 Å². The van der Waals surface area contributed by atoms with Gasteiger partial charge in [-0.25, -0.2) is 0 Å². The van der Waals surface area contributed by atoms with E-state index >= 15 is 0 Å². The molecule has 2 amide bonds. The van der Waals surface area contributed by atoms with Gasteiger partial charge in [-0.05, 0) is 43.5 Å². The Hall–Kier alpha value is -3.39. The second kappa shape index (κ2) is 10.5. The molecule has 9 heteroatoms. The third-order valence-corrected chi connectivity index (χ3v) is 7.37. The zero-order valence-electron chi connectivity index (χ0n) is 20.8. The summed E-state index contributed by atoms with van der Waals surface area (Å²) < 4.78 is 0. The van der Waals surface area contributed by atoms with Gasteiger partial charge in [-0.3, -0.25) is 14.4 Å². The van der Waals surface area contributed by atoms with Crippen molar-refractivity contribution in [1.29, 1.82) is 0 Å². The van der Waals surface area contributed by atoms with Crippen LogP contribution >= 0.6 is 11.6 Å². The number of rotatable bonds is 9. The van der Waals surface area contributed by atoms with Crippen LogP contribution in [-0.4, -0.2) is 53.6 Å². The second-order valence-electron chi connectivity index (χ2n) is 10.1. The van der Waals surface area contributed by atoms with Gasteiger partial charge >= 0.3 is 0 Å². The van der Waals surface area contributed by atoms with Crippen molar-refractivity contribution < 1.29 is 19.2 Å². The number of para-hydroxylation sites is 1. The van der Waals surface area contributed by atoms with E-state index in [4.69, 9.17) is 16.4 Å². The first-order chi connectivity index (χ1) is 17.9. The number of halogens is 1. The van der Waals surface area contributed by atoms with Gasteiger partial charge in [0.25, 0.3) is 5.91 Å². The number of hydrogen-bond acceptors (Lipinski definition) is 6. The fourth-order valence-corrected chi connectivity index (χ4v) is 5.27. The van der Waals surface area contributed by atoms with E-state index in [2.05, 4.69) is 15.8 Å². The van der Waals surface area contributed by atoms with E-state index in [1.54, 1.807) is 0 Å². The predicted octanol–water partition coefficient (Wildman–Crippen LogP) is 3.61. The van der Waals surface area contributed by atoms with Gasteiger partial charge in [0.15, 0.2) is 5.60 Å². The van der Waals surface area contributed by atoms with Gasteiger partial charge in [0, 0.05) is 35.2 Å². The van der Waals surface area contributed by atoms with Crippen LogP contribution in [0.5, 0.6) is 0 Å². The van der Waals surface area contributed by atoms with Crippen molar-refractivity contribution in [2.24, 2.45) is 5.16 Å². The van der Waals surface area contributed by atoms with E-state index in [0.717, 1.165) is 29.8 Å². The second-order valence-corrected chi connectivity index (χ2v) is 10.6. The highest BCUT2D eigenvalue weighted by molar-refractivity contribution is 6.38. The van der Waals surface area contributed by atoms with Crippen LogP contribution in [0.2, 0.25) is 5.02 Å². The number of ketones is 1. The standard InChI is InChI=1S/C28H31ClN4O4/c1-2-7-22(25(34)27(36)30-20-12-13-20)31-26(35)24-16-28(17-33(24)21-10-4-3-5-11-21)15-23(32-37-28)18-8-6-9-19(29)14-18/h3-6,8-11,14,20,22,24H,2,7,12-13,15-17H2,1H3,(H,30,36)(H,31,35). The first kappa shape index (κ1) is 25.3. The highest BCUT2D eigenvalue weighted by Crippen LogP contribution is 2.41. The first-order valence-electron chi connectivity index (χ1n) is 12.9.